The molecule has 142 valence electrons. The number of halogens is 4. The lowest BCUT2D eigenvalue weighted by molar-refractivity contribution is -0.147. The van der Waals surface area contributed by atoms with E-state index in [1.807, 2.05) is 0 Å². The molecule has 4 amide bonds. The van der Waals surface area contributed by atoms with E-state index in [1.54, 1.807) is 17.4 Å². The van der Waals surface area contributed by atoms with Gasteiger partial charge in [-0.2, -0.15) is 13.2 Å². The van der Waals surface area contributed by atoms with Crippen LogP contribution in [0.1, 0.15) is 10.4 Å². The Morgan fingerprint density at radius 1 is 1.04 bits per heavy atom. The maximum Gasteiger partial charge on any atom is 0.405 e. The maximum atomic E-state index is 11.9. The Kier molecular flexibility index (Phi) is 8.03. The first-order chi connectivity index (χ1) is 12.1. The second kappa shape index (κ2) is 9.75. The van der Waals surface area contributed by atoms with Gasteiger partial charge in [0.05, 0.1) is 0 Å². The van der Waals surface area contributed by atoms with Crippen LogP contribution in [-0.4, -0.2) is 49.7 Å². The Bertz CT molecular complexity index is 679. The van der Waals surface area contributed by atoms with Crippen LogP contribution in [0.25, 0.3) is 0 Å². The van der Waals surface area contributed by atoms with Gasteiger partial charge < -0.3 is 15.4 Å². The summed E-state index contributed by atoms with van der Waals surface area (Å²) in [5.41, 5.74) is 0.292. The molecule has 0 saturated heterocycles. The molecule has 0 saturated carbocycles. The number of nitrogens with one attached hydrogen (secondary N) is 3. The third-order valence-corrected chi connectivity index (χ3v) is 3.09. The normalized spacial score (nSPS) is 10.6. The smallest absolute Gasteiger partial charge is 0.405 e. The maximum absolute atomic E-state index is 11.9. The molecule has 0 heterocycles. The molecule has 0 aliphatic rings. The van der Waals surface area contributed by atoms with E-state index in [1.165, 1.54) is 17.4 Å². The fourth-order valence-electron chi connectivity index (χ4n) is 1.44. The van der Waals surface area contributed by atoms with Gasteiger partial charge in [0.1, 0.15) is 13.1 Å². The summed E-state index contributed by atoms with van der Waals surface area (Å²) in [6.07, 6.45) is -4.63. The predicted octanol–water partition coefficient (Wildman–Crippen LogP) is 1.11. The van der Waals surface area contributed by atoms with Crippen LogP contribution in [0.5, 0.6) is 0 Å². The number of urea groups is 1. The molecule has 1 aromatic rings. The van der Waals surface area contributed by atoms with Gasteiger partial charge in [-0.15, -0.1) is 0 Å². The fraction of sp³-hybridized carbons (Fsp3) is 0.286. The molecule has 0 aromatic heterocycles. The Hall–Kier alpha value is -2.63. The van der Waals surface area contributed by atoms with Crippen LogP contribution in [0.15, 0.2) is 28.7 Å². The van der Waals surface area contributed by atoms with Crippen molar-refractivity contribution in [3.05, 3.63) is 34.3 Å². The monoisotopic (exact) mass is 439 g/mol. The van der Waals surface area contributed by atoms with Gasteiger partial charge in [0.15, 0.2) is 6.61 Å². The molecule has 12 heteroatoms. The molecule has 0 fully saturated rings. The average Bonchev–Trinajstić information content (AvgIpc) is 2.56. The van der Waals surface area contributed by atoms with Gasteiger partial charge >= 0.3 is 18.2 Å². The topological polar surface area (TPSA) is 114 Å². The zero-order valence-corrected chi connectivity index (χ0v) is 14.6. The lowest BCUT2D eigenvalue weighted by atomic mass is 10.2. The highest BCUT2D eigenvalue weighted by Crippen LogP contribution is 2.12. The number of ether oxygens (including phenoxy) is 1. The average molecular weight is 440 g/mol. The molecule has 0 bridgehead atoms. The number of hydrogen-bond donors (Lipinski definition) is 3. The van der Waals surface area contributed by atoms with E-state index in [4.69, 9.17) is 0 Å². The summed E-state index contributed by atoms with van der Waals surface area (Å²) in [4.78, 5) is 45.4. The summed E-state index contributed by atoms with van der Waals surface area (Å²) in [7, 11) is 0. The zero-order chi connectivity index (χ0) is 19.7. The van der Waals surface area contributed by atoms with Crippen LogP contribution in [0.3, 0.4) is 0 Å². The van der Waals surface area contributed by atoms with Crippen LogP contribution in [0, 0.1) is 0 Å². The molecule has 26 heavy (non-hydrogen) atoms. The van der Waals surface area contributed by atoms with E-state index in [0.717, 1.165) is 4.47 Å². The third-order valence-electron chi connectivity index (χ3n) is 2.57. The summed E-state index contributed by atoms with van der Waals surface area (Å²) >= 11 is 3.20. The van der Waals surface area contributed by atoms with E-state index < -0.39 is 49.7 Å². The van der Waals surface area contributed by atoms with E-state index in [9.17, 15) is 32.3 Å². The molecule has 0 unspecified atom stereocenters. The second-order valence-electron chi connectivity index (χ2n) is 4.70. The number of benzene rings is 1. The van der Waals surface area contributed by atoms with Crippen LogP contribution < -0.4 is 16.0 Å². The minimum Gasteiger partial charge on any atom is -0.454 e. The predicted molar refractivity (Wildman–Crippen MR) is 85.0 cm³/mol. The highest BCUT2D eigenvalue weighted by molar-refractivity contribution is 9.10. The number of imide groups is 1. The molecule has 3 N–H and O–H groups in total. The van der Waals surface area contributed by atoms with E-state index >= 15 is 0 Å². The number of rotatable bonds is 6. The first-order valence-corrected chi connectivity index (χ1v) is 7.70. The van der Waals surface area contributed by atoms with E-state index in [2.05, 4.69) is 26.0 Å². The lowest BCUT2D eigenvalue weighted by Crippen LogP contribution is -2.44. The van der Waals surface area contributed by atoms with Crippen molar-refractivity contribution in [3.63, 3.8) is 0 Å². The van der Waals surface area contributed by atoms with Gasteiger partial charge in [-0.05, 0) is 24.3 Å². The Balaban J connectivity index is 2.26. The summed E-state index contributed by atoms with van der Waals surface area (Å²) in [5.74, 6) is -2.65. The standard InChI is InChI=1S/C14H13BrF3N3O5/c15-9-3-1-8(2-4-9)12(24)19-5-11(23)26-6-10(22)21-13(25)20-7-14(16,17)18/h1-4H,5-7H2,(H,19,24)(H2,20,21,22,25). The molecule has 1 rings (SSSR count). The molecule has 0 aliphatic heterocycles. The first kappa shape index (κ1) is 21.4. The van der Waals surface area contributed by atoms with Crippen molar-refractivity contribution >= 4 is 39.7 Å². The van der Waals surface area contributed by atoms with Gasteiger partial charge in [0.2, 0.25) is 0 Å². The van der Waals surface area contributed by atoms with Crippen LogP contribution in [0.4, 0.5) is 18.0 Å². The van der Waals surface area contributed by atoms with Gasteiger partial charge in [-0.1, -0.05) is 15.9 Å². The Morgan fingerprint density at radius 3 is 2.23 bits per heavy atom. The molecule has 0 spiro atoms. The molecule has 1 aromatic carbocycles. The van der Waals surface area contributed by atoms with Gasteiger partial charge in [0.25, 0.3) is 11.8 Å². The molecule has 0 atom stereocenters. The molecular weight excluding hydrogens is 427 g/mol. The van der Waals surface area contributed by atoms with Crippen molar-refractivity contribution in [1.29, 1.82) is 0 Å². The van der Waals surface area contributed by atoms with Crippen LogP contribution in [0.2, 0.25) is 0 Å². The third kappa shape index (κ3) is 9.01. The van der Waals surface area contributed by atoms with Crippen molar-refractivity contribution in [2.45, 2.75) is 6.18 Å². The molecule has 0 radical (unpaired) electrons. The van der Waals surface area contributed by atoms with Gasteiger partial charge in [-0.3, -0.25) is 19.7 Å². The SMILES string of the molecule is O=C(COC(=O)CNC(=O)c1ccc(Br)cc1)NC(=O)NCC(F)(F)F. The summed E-state index contributed by atoms with van der Waals surface area (Å²) in [6.45, 7) is -3.05. The lowest BCUT2D eigenvalue weighted by Gasteiger charge is -2.09. The van der Waals surface area contributed by atoms with Crippen molar-refractivity contribution in [1.82, 2.24) is 16.0 Å². The Morgan fingerprint density at radius 2 is 1.65 bits per heavy atom. The summed E-state index contributed by atoms with van der Waals surface area (Å²) < 4.78 is 40.8. The molecule has 0 aliphatic carbocycles. The minimum absolute atomic E-state index is 0.292. The number of esters is 1. The molecular formula is C14H13BrF3N3O5. The number of alkyl halides is 3. The Labute approximate surface area is 153 Å². The highest BCUT2D eigenvalue weighted by atomic mass is 79.9. The van der Waals surface area contributed by atoms with Crippen molar-refractivity contribution in [3.8, 4) is 0 Å². The van der Waals surface area contributed by atoms with Crippen LogP contribution in [-0.2, 0) is 14.3 Å². The van der Waals surface area contributed by atoms with Gasteiger partial charge in [-0.25, -0.2) is 4.79 Å². The second-order valence-corrected chi connectivity index (χ2v) is 5.61. The van der Waals surface area contributed by atoms with Crippen LogP contribution >= 0.6 is 15.9 Å². The number of hydrogen-bond acceptors (Lipinski definition) is 5. The highest BCUT2D eigenvalue weighted by Gasteiger charge is 2.28. The fourth-order valence-corrected chi connectivity index (χ4v) is 1.70. The summed E-state index contributed by atoms with van der Waals surface area (Å²) in [6, 6.07) is 4.89. The van der Waals surface area contributed by atoms with Crippen molar-refractivity contribution < 1.29 is 37.1 Å². The van der Waals surface area contributed by atoms with E-state index in [-0.39, 0.29) is 0 Å². The zero-order valence-electron chi connectivity index (χ0n) is 13.0. The quantitative estimate of drug-likeness (QED) is 0.574. The first-order valence-electron chi connectivity index (χ1n) is 6.90. The number of carbonyl (C=O) groups is 4. The van der Waals surface area contributed by atoms with Crippen molar-refractivity contribution in [2.24, 2.45) is 0 Å². The van der Waals surface area contributed by atoms with E-state index in [0.29, 0.717) is 5.56 Å². The minimum atomic E-state index is -4.63. The number of carbonyl (C=O) groups excluding carboxylic acids is 4. The number of amides is 4. The summed E-state index contributed by atoms with van der Waals surface area (Å²) in [5, 5.41) is 5.21. The van der Waals surface area contributed by atoms with Crippen molar-refractivity contribution in [2.75, 3.05) is 19.7 Å². The largest absolute Gasteiger partial charge is 0.454 e. The molecule has 8 nitrogen and oxygen atoms in total. The van der Waals surface area contributed by atoms with Gasteiger partial charge in [0, 0.05) is 10.0 Å².